The molecule has 2 atom stereocenters. The van der Waals surface area contributed by atoms with E-state index in [4.69, 9.17) is 9.47 Å². The first-order valence-corrected chi connectivity index (χ1v) is 5.48. The quantitative estimate of drug-likeness (QED) is 0.740. The van der Waals surface area contributed by atoms with Crippen molar-refractivity contribution in [1.29, 1.82) is 0 Å². The zero-order chi connectivity index (χ0) is 10.8. The van der Waals surface area contributed by atoms with Crippen LogP contribution in [0.2, 0.25) is 0 Å². The molecule has 1 aromatic rings. The van der Waals surface area contributed by atoms with Gasteiger partial charge in [0, 0.05) is 13.5 Å². The fourth-order valence-electron chi connectivity index (χ4n) is 2.12. The van der Waals surface area contributed by atoms with Gasteiger partial charge in [-0.15, -0.1) is 0 Å². The first-order valence-electron chi connectivity index (χ1n) is 5.48. The van der Waals surface area contributed by atoms with E-state index in [0.29, 0.717) is 5.92 Å². The van der Waals surface area contributed by atoms with Gasteiger partial charge < -0.3 is 9.47 Å². The molecule has 0 aromatic heterocycles. The average molecular weight is 206 g/mol. The van der Waals surface area contributed by atoms with E-state index >= 15 is 0 Å². The number of benzene rings is 1. The summed E-state index contributed by atoms with van der Waals surface area (Å²) in [5.41, 5.74) is 2.68. The highest BCUT2D eigenvalue weighted by atomic mass is 16.7. The Morgan fingerprint density at radius 3 is 2.73 bits per heavy atom. The minimum atomic E-state index is -0.0905. The van der Waals surface area contributed by atoms with Crippen molar-refractivity contribution < 1.29 is 9.47 Å². The normalized spacial score (nSPS) is 25.3. The van der Waals surface area contributed by atoms with Gasteiger partial charge in [0.15, 0.2) is 6.29 Å². The van der Waals surface area contributed by atoms with Crippen LogP contribution in [0.1, 0.15) is 31.1 Å². The van der Waals surface area contributed by atoms with Crippen molar-refractivity contribution in [2.75, 3.05) is 7.11 Å². The van der Waals surface area contributed by atoms with Gasteiger partial charge in [0.2, 0.25) is 0 Å². The Bertz CT molecular complexity index is 333. The lowest BCUT2D eigenvalue weighted by Crippen LogP contribution is -2.29. The summed E-state index contributed by atoms with van der Waals surface area (Å²) >= 11 is 0. The summed E-state index contributed by atoms with van der Waals surface area (Å²) in [7, 11) is 1.70. The van der Waals surface area contributed by atoms with Crippen molar-refractivity contribution in [3.63, 3.8) is 0 Å². The fraction of sp³-hybridized carbons (Fsp3) is 0.538. The van der Waals surface area contributed by atoms with Crippen molar-refractivity contribution in [3.8, 4) is 0 Å². The number of methoxy groups -OCH3 is 1. The van der Waals surface area contributed by atoms with Gasteiger partial charge in [-0.3, -0.25) is 0 Å². The van der Waals surface area contributed by atoms with Crippen LogP contribution in [-0.4, -0.2) is 13.4 Å². The maximum absolute atomic E-state index is 5.90. The lowest BCUT2D eigenvalue weighted by atomic mass is 9.91. The molecule has 15 heavy (non-hydrogen) atoms. The summed E-state index contributed by atoms with van der Waals surface area (Å²) in [6.45, 7) is 4.36. The fourth-order valence-corrected chi connectivity index (χ4v) is 2.12. The first kappa shape index (κ1) is 10.7. The lowest BCUT2D eigenvalue weighted by Gasteiger charge is -2.33. The SMILES string of the molecule is COC1Cc2ccccc2C(C(C)C)O1. The van der Waals surface area contributed by atoms with Crippen LogP contribution in [0.3, 0.4) is 0 Å². The molecule has 0 aliphatic carbocycles. The first-order chi connectivity index (χ1) is 7.22. The smallest absolute Gasteiger partial charge is 0.162 e. The van der Waals surface area contributed by atoms with Gasteiger partial charge in [-0.25, -0.2) is 0 Å². The molecule has 2 unspecified atom stereocenters. The molecule has 0 spiro atoms. The number of hydrogen-bond donors (Lipinski definition) is 0. The van der Waals surface area contributed by atoms with E-state index in [0.717, 1.165) is 6.42 Å². The van der Waals surface area contributed by atoms with Gasteiger partial charge in [-0.05, 0) is 17.0 Å². The second-order valence-corrected chi connectivity index (χ2v) is 4.37. The number of hydrogen-bond acceptors (Lipinski definition) is 2. The summed E-state index contributed by atoms with van der Waals surface area (Å²) in [5, 5.41) is 0. The summed E-state index contributed by atoms with van der Waals surface area (Å²) < 4.78 is 11.2. The van der Waals surface area contributed by atoms with E-state index in [1.807, 2.05) is 0 Å². The Hall–Kier alpha value is -0.860. The predicted molar refractivity (Wildman–Crippen MR) is 59.6 cm³/mol. The molecule has 2 nitrogen and oxygen atoms in total. The van der Waals surface area contributed by atoms with Crippen molar-refractivity contribution in [1.82, 2.24) is 0 Å². The van der Waals surface area contributed by atoms with E-state index < -0.39 is 0 Å². The second-order valence-electron chi connectivity index (χ2n) is 4.37. The maximum atomic E-state index is 5.90. The molecule has 0 saturated carbocycles. The molecule has 2 heteroatoms. The Labute approximate surface area is 91.2 Å². The van der Waals surface area contributed by atoms with E-state index in [-0.39, 0.29) is 12.4 Å². The van der Waals surface area contributed by atoms with Gasteiger partial charge in [0.1, 0.15) is 0 Å². The molecule has 0 radical (unpaired) electrons. The highest BCUT2D eigenvalue weighted by molar-refractivity contribution is 5.31. The van der Waals surface area contributed by atoms with Crippen molar-refractivity contribution in [2.45, 2.75) is 32.7 Å². The highest BCUT2D eigenvalue weighted by Crippen LogP contribution is 2.35. The highest BCUT2D eigenvalue weighted by Gasteiger charge is 2.28. The lowest BCUT2D eigenvalue weighted by molar-refractivity contribution is -0.175. The third-order valence-electron chi connectivity index (χ3n) is 2.91. The molecule has 0 amide bonds. The molecule has 1 aliphatic rings. The van der Waals surface area contributed by atoms with Crippen LogP contribution < -0.4 is 0 Å². The maximum Gasteiger partial charge on any atom is 0.162 e. The topological polar surface area (TPSA) is 18.5 Å². The summed E-state index contributed by atoms with van der Waals surface area (Å²) in [4.78, 5) is 0. The molecule has 1 aromatic carbocycles. The number of ether oxygens (including phenoxy) is 2. The van der Waals surface area contributed by atoms with Crippen LogP contribution in [-0.2, 0) is 15.9 Å². The molecule has 0 bridgehead atoms. The zero-order valence-electron chi connectivity index (χ0n) is 9.57. The Morgan fingerprint density at radius 1 is 1.33 bits per heavy atom. The number of rotatable bonds is 2. The minimum absolute atomic E-state index is 0.0905. The van der Waals surface area contributed by atoms with E-state index in [9.17, 15) is 0 Å². The van der Waals surface area contributed by atoms with Crippen LogP contribution in [0.5, 0.6) is 0 Å². The van der Waals surface area contributed by atoms with Crippen LogP contribution in [0, 0.1) is 5.92 Å². The molecule has 82 valence electrons. The van der Waals surface area contributed by atoms with Crippen LogP contribution in [0.25, 0.3) is 0 Å². The minimum Gasteiger partial charge on any atom is -0.356 e. The zero-order valence-corrected chi connectivity index (χ0v) is 9.57. The molecule has 0 N–H and O–H groups in total. The molecule has 1 aliphatic heterocycles. The van der Waals surface area contributed by atoms with E-state index in [1.165, 1.54) is 11.1 Å². The third-order valence-corrected chi connectivity index (χ3v) is 2.91. The van der Waals surface area contributed by atoms with Gasteiger partial charge in [-0.2, -0.15) is 0 Å². The Balaban J connectivity index is 2.34. The molecule has 0 fully saturated rings. The van der Waals surface area contributed by atoms with Gasteiger partial charge in [0.25, 0.3) is 0 Å². The molecular formula is C13H18O2. The van der Waals surface area contributed by atoms with Gasteiger partial charge >= 0.3 is 0 Å². The molecule has 2 rings (SSSR count). The third kappa shape index (κ3) is 2.06. The Kier molecular flexibility index (Phi) is 3.08. The van der Waals surface area contributed by atoms with Gasteiger partial charge in [0.05, 0.1) is 6.10 Å². The van der Waals surface area contributed by atoms with Crippen LogP contribution >= 0.6 is 0 Å². The van der Waals surface area contributed by atoms with E-state index in [2.05, 4.69) is 38.1 Å². The van der Waals surface area contributed by atoms with Crippen LogP contribution in [0.15, 0.2) is 24.3 Å². The summed E-state index contributed by atoms with van der Waals surface area (Å²) in [5.74, 6) is 0.476. The van der Waals surface area contributed by atoms with Crippen molar-refractivity contribution >= 4 is 0 Å². The largest absolute Gasteiger partial charge is 0.356 e. The number of fused-ring (bicyclic) bond motifs is 1. The van der Waals surface area contributed by atoms with Crippen molar-refractivity contribution in [2.24, 2.45) is 5.92 Å². The predicted octanol–water partition coefficient (Wildman–Crippen LogP) is 2.93. The molecule has 1 heterocycles. The van der Waals surface area contributed by atoms with Crippen molar-refractivity contribution in [3.05, 3.63) is 35.4 Å². The van der Waals surface area contributed by atoms with Gasteiger partial charge in [-0.1, -0.05) is 38.1 Å². The summed E-state index contributed by atoms with van der Waals surface area (Å²) in [6, 6.07) is 8.48. The standard InChI is InChI=1S/C13H18O2/c1-9(2)13-11-7-5-4-6-10(11)8-12(14-3)15-13/h4-7,9,12-13H,8H2,1-3H3. The molecule has 0 saturated heterocycles. The average Bonchev–Trinajstić information content (AvgIpc) is 2.27. The second kappa shape index (κ2) is 4.33. The molecular weight excluding hydrogens is 188 g/mol. The monoisotopic (exact) mass is 206 g/mol. The summed E-state index contributed by atoms with van der Waals surface area (Å²) in [6.07, 6.45) is 0.933. The Morgan fingerprint density at radius 2 is 2.07 bits per heavy atom. The van der Waals surface area contributed by atoms with E-state index in [1.54, 1.807) is 7.11 Å². The van der Waals surface area contributed by atoms with Crippen LogP contribution in [0.4, 0.5) is 0 Å².